The third-order valence-electron chi connectivity index (χ3n) is 2.58. The van der Waals surface area contributed by atoms with Crippen molar-refractivity contribution in [2.75, 3.05) is 17.6 Å². The van der Waals surface area contributed by atoms with Gasteiger partial charge in [-0.15, -0.1) is 0 Å². The van der Waals surface area contributed by atoms with E-state index in [2.05, 4.69) is 26.2 Å². The molecule has 0 aliphatic heterocycles. The number of pyridine rings is 1. The summed E-state index contributed by atoms with van der Waals surface area (Å²) in [6, 6.07) is 7.18. The number of nitrogens with two attached hydrogens (primary N) is 1. The second kappa shape index (κ2) is 5.73. The van der Waals surface area contributed by atoms with E-state index in [0.29, 0.717) is 5.69 Å². The molecule has 94 valence electrons. The quantitative estimate of drug-likeness (QED) is 0.812. The molecule has 0 aliphatic rings. The minimum Gasteiger partial charge on any atom is -0.508 e. The number of hydrogen-bond acceptors (Lipinski definition) is 4. The van der Waals surface area contributed by atoms with Crippen molar-refractivity contribution >= 4 is 27.3 Å². The van der Waals surface area contributed by atoms with Gasteiger partial charge in [-0.3, -0.25) is 4.98 Å². The van der Waals surface area contributed by atoms with Gasteiger partial charge in [0.25, 0.3) is 0 Å². The molecule has 4 nitrogen and oxygen atoms in total. The lowest BCUT2D eigenvalue weighted by molar-refractivity contribution is 0.475. The van der Waals surface area contributed by atoms with Gasteiger partial charge < -0.3 is 16.2 Å². The molecule has 0 radical (unpaired) electrons. The van der Waals surface area contributed by atoms with Crippen LogP contribution >= 0.6 is 15.9 Å². The summed E-state index contributed by atoms with van der Waals surface area (Å²) in [6.45, 7) is 0.761. The molecule has 2 aromatic rings. The highest BCUT2D eigenvalue weighted by Gasteiger charge is 2.03. The average Bonchev–Trinajstić information content (AvgIpc) is 2.35. The van der Waals surface area contributed by atoms with Crippen LogP contribution in [0.2, 0.25) is 0 Å². The molecule has 0 saturated heterocycles. The smallest absolute Gasteiger partial charge is 0.115 e. The Bertz CT molecular complexity index is 508. The van der Waals surface area contributed by atoms with Gasteiger partial charge in [-0.2, -0.15) is 0 Å². The highest BCUT2D eigenvalue weighted by atomic mass is 79.9. The standard InChI is InChI=1S/C13H14BrN3O/c14-11-7-16-8-12(15)13(11)17-6-5-9-1-3-10(18)4-2-9/h1-4,7-8,18H,5-6,15H2,(H,16,17). The second-order valence-corrected chi connectivity index (χ2v) is 4.78. The summed E-state index contributed by atoms with van der Waals surface area (Å²) in [5, 5.41) is 12.5. The Hall–Kier alpha value is -1.75. The number of nitrogens with zero attached hydrogens (tertiary/aromatic N) is 1. The second-order valence-electron chi connectivity index (χ2n) is 3.93. The Balaban J connectivity index is 1.94. The maximum atomic E-state index is 9.19. The van der Waals surface area contributed by atoms with Gasteiger partial charge in [0.1, 0.15) is 5.75 Å². The predicted octanol–water partition coefficient (Wildman–Crippen LogP) is 2.79. The molecule has 2 rings (SSSR count). The number of hydrogen-bond donors (Lipinski definition) is 3. The number of rotatable bonds is 4. The largest absolute Gasteiger partial charge is 0.508 e. The molecule has 0 unspecified atom stereocenters. The molecule has 0 amide bonds. The van der Waals surface area contributed by atoms with Gasteiger partial charge in [-0.05, 0) is 40.0 Å². The molecule has 0 bridgehead atoms. The van der Waals surface area contributed by atoms with Crippen LogP contribution in [0.3, 0.4) is 0 Å². The van der Waals surface area contributed by atoms with E-state index in [1.165, 1.54) is 0 Å². The summed E-state index contributed by atoms with van der Waals surface area (Å²) in [4.78, 5) is 3.98. The monoisotopic (exact) mass is 307 g/mol. The van der Waals surface area contributed by atoms with Crippen molar-refractivity contribution in [1.82, 2.24) is 4.98 Å². The van der Waals surface area contributed by atoms with Gasteiger partial charge in [0.05, 0.1) is 22.0 Å². The van der Waals surface area contributed by atoms with Crippen molar-refractivity contribution in [3.05, 3.63) is 46.7 Å². The third kappa shape index (κ3) is 3.13. The molecule has 0 spiro atoms. The molecule has 18 heavy (non-hydrogen) atoms. The molecular weight excluding hydrogens is 294 g/mol. The first-order valence-corrected chi connectivity index (χ1v) is 6.37. The molecule has 4 N–H and O–H groups in total. The highest BCUT2D eigenvalue weighted by Crippen LogP contribution is 2.26. The number of phenolic OH excluding ortho intramolecular Hbond substituents is 1. The number of aromatic nitrogens is 1. The lowest BCUT2D eigenvalue weighted by Gasteiger charge is -2.10. The van der Waals surface area contributed by atoms with E-state index in [1.807, 2.05) is 12.1 Å². The van der Waals surface area contributed by atoms with Crippen molar-refractivity contribution in [3.63, 3.8) is 0 Å². The molecule has 1 aromatic heterocycles. The lowest BCUT2D eigenvalue weighted by atomic mass is 10.1. The Morgan fingerprint density at radius 1 is 1.22 bits per heavy atom. The lowest BCUT2D eigenvalue weighted by Crippen LogP contribution is -2.07. The van der Waals surface area contributed by atoms with Crippen LogP contribution in [0.25, 0.3) is 0 Å². The van der Waals surface area contributed by atoms with Crippen LogP contribution in [-0.2, 0) is 6.42 Å². The number of halogens is 1. The number of nitrogens with one attached hydrogen (secondary N) is 1. The van der Waals surface area contributed by atoms with Crippen molar-refractivity contribution in [3.8, 4) is 5.75 Å². The maximum Gasteiger partial charge on any atom is 0.115 e. The Kier molecular flexibility index (Phi) is 4.04. The van der Waals surface area contributed by atoms with E-state index in [9.17, 15) is 5.11 Å². The number of anilines is 2. The summed E-state index contributed by atoms with van der Waals surface area (Å²) in [5.41, 5.74) is 8.47. The van der Waals surface area contributed by atoms with E-state index in [0.717, 1.165) is 28.7 Å². The number of phenols is 1. The van der Waals surface area contributed by atoms with Gasteiger partial charge >= 0.3 is 0 Å². The summed E-state index contributed by atoms with van der Waals surface area (Å²) in [7, 11) is 0. The SMILES string of the molecule is Nc1cncc(Br)c1NCCc1ccc(O)cc1. The maximum absolute atomic E-state index is 9.19. The summed E-state index contributed by atoms with van der Waals surface area (Å²) >= 11 is 3.41. The fraction of sp³-hybridized carbons (Fsp3) is 0.154. The molecule has 0 aliphatic carbocycles. The minimum atomic E-state index is 0.285. The summed E-state index contributed by atoms with van der Waals surface area (Å²) in [6.07, 6.45) is 4.18. The first-order valence-electron chi connectivity index (χ1n) is 5.57. The first kappa shape index (κ1) is 12.7. The van der Waals surface area contributed by atoms with E-state index in [1.54, 1.807) is 24.5 Å². The van der Waals surface area contributed by atoms with Crippen LogP contribution in [0, 0.1) is 0 Å². The van der Waals surface area contributed by atoms with E-state index < -0.39 is 0 Å². The van der Waals surface area contributed by atoms with E-state index >= 15 is 0 Å². The number of aromatic hydroxyl groups is 1. The van der Waals surface area contributed by atoms with Gasteiger partial charge in [-0.1, -0.05) is 12.1 Å². The van der Waals surface area contributed by atoms with Crippen molar-refractivity contribution in [1.29, 1.82) is 0 Å². The van der Waals surface area contributed by atoms with Crippen LogP contribution in [0.1, 0.15) is 5.56 Å². The highest BCUT2D eigenvalue weighted by molar-refractivity contribution is 9.10. The van der Waals surface area contributed by atoms with Crippen molar-refractivity contribution < 1.29 is 5.11 Å². The van der Waals surface area contributed by atoms with Crippen LogP contribution in [-0.4, -0.2) is 16.6 Å². The van der Waals surface area contributed by atoms with E-state index in [4.69, 9.17) is 5.73 Å². The number of nitrogen functional groups attached to an aromatic ring is 1. The summed E-state index contributed by atoms with van der Waals surface area (Å²) < 4.78 is 0.855. The molecule has 1 heterocycles. The summed E-state index contributed by atoms with van der Waals surface area (Å²) in [5.74, 6) is 0.285. The third-order valence-corrected chi connectivity index (χ3v) is 3.18. The van der Waals surface area contributed by atoms with Gasteiger partial charge in [0, 0.05) is 12.7 Å². The normalized spacial score (nSPS) is 10.3. The van der Waals surface area contributed by atoms with Crippen molar-refractivity contribution in [2.24, 2.45) is 0 Å². The van der Waals surface area contributed by atoms with Crippen LogP contribution in [0.5, 0.6) is 5.75 Å². The fourth-order valence-corrected chi connectivity index (χ4v) is 2.12. The fourth-order valence-electron chi connectivity index (χ4n) is 1.63. The predicted molar refractivity (Wildman–Crippen MR) is 76.6 cm³/mol. The Labute approximate surface area is 114 Å². The molecule has 0 atom stereocenters. The molecule has 0 saturated carbocycles. The zero-order chi connectivity index (χ0) is 13.0. The topological polar surface area (TPSA) is 71.2 Å². The van der Waals surface area contributed by atoms with E-state index in [-0.39, 0.29) is 5.75 Å². The van der Waals surface area contributed by atoms with Crippen molar-refractivity contribution in [2.45, 2.75) is 6.42 Å². The first-order chi connectivity index (χ1) is 8.66. The molecule has 1 aromatic carbocycles. The zero-order valence-electron chi connectivity index (χ0n) is 9.73. The Morgan fingerprint density at radius 3 is 2.61 bits per heavy atom. The van der Waals surface area contributed by atoms with Gasteiger partial charge in [0.2, 0.25) is 0 Å². The van der Waals surface area contributed by atoms with Gasteiger partial charge in [0.15, 0.2) is 0 Å². The molecule has 5 heteroatoms. The van der Waals surface area contributed by atoms with Gasteiger partial charge in [-0.25, -0.2) is 0 Å². The minimum absolute atomic E-state index is 0.285. The van der Waals surface area contributed by atoms with Crippen LogP contribution in [0.4, 0.5) is 11.4 Å². The zero-order valence-corrected chi connectivity index (χ0v) is 11.3. The molecular formula is C13H14BrN3O. The number of benzene rings is 1. The van der Waals surface area contributed by atoms with Crippen LogP contribution in [0.15, 0.2) is 41.1 Å². The molecule has 0 fully saturated rings. The van der Waals surface area contributed by atoms with Crippen LogP contribution < -0.4 is 11.1 Å². The average molecular weight is 308 g/mol. The Morgan fingerprint density at radius 2 is 1.94 bits per heavy atom.